The third-order valence-electron chi connectivity index (χ3n) is 4.12. The molecular formula is C16H25N3O. The molecule has 110 valence electrons. The SMILES string of the molecule is CC1CN(CCCN2CCNCC2)c2ccccc2O1. The second-order valence-corrected chi connectivity index (χ2v) is 5.79. The average Bonchev–Trinajstić information content (AvgIpc) is 2.48. The highest BCUT2D eigenvalue weighted by atomic mass is 16.5. The number of para-hydroxylation sites is 2. The van der Waals surface area contributed by atoms with Crippen LogP contribution in [-0.2, 0) is 0 Å². The number of hydrogen-bond acceptors (Lipinski definition) is 4. The van der Waals surface area contributed by atoms with Crippen molar-refractivity contribution >= 4 is 5.69 Å². The van der Waals surface area contributed by atoms with Gasteiger partial charge < -0.3 is 19.9 Å². The number of benzene rings is 1. The Balaban J connectivity index is 1.54. The highest BCUT2D eigenvalue weighted by Crippen LogP contribution is 2.32. The minimum Gasteiger partial charge on any atom is -0.487 e. The molecular weight excluding hydrogens is 250 g/mol. The summed E-state index contributed by atoms with van der Waals surface area (Å²) in [5.74, 6) is 1.04. The summed E-state index contributed by atoms with van der Waals surface area (Å²) in [7, 11) is 0. The predicted molar refractivity (Wildman–Crippen MR) is 82.7 cm³/mol. The average molecular weight is 275 g/mol. The Kier molecular flexibility index (Phi) is 4.43. The Morgan fingerprint density at radius 3 is 2.85 bits per heavy atom. The van der Waals surface area contributed by atoms with Crippen LogP contribution in [0.3, 0.4) is 0 Å². The van der Waals surface area contributed by atoms with Crippen LogP contribution in [0.2, 0.25) is 0 Å². The van der Waals surface area contributed by atoms with E-state index in [1.807, 2.05) is 0 Å². The highest BCUT2D eigenvalue weighted by Gasteiger charge is 2.22. The third kappa shape index (κ3) is 3.25. The van der Waals surface area contributed by atoms with Gasteiger partial charge >= 0.3 is 0 Å². The number of fused-ring (bicyclic) bond motifs is 1. The van der Waals surface area contributed by atoms with Gasteiger partial charge in [0.2, 0.25) is 0 Å². The van der Waals surface area contributed by atoms with Crippen molar-refractivity contribution < 1.29 is 4.74 Å². The number of rotatable bonds is 4. The molecule has 0 aliphatic carbocycles. The second-order valence-electron chi connectivity index (χ2n) is 5.79. The van der Waals surface area contributed by atoms with Gasteiger partial charge in [-0.1, -0.05) is 12.1 Å². The predicted octanol–water partition coefficient (Wildman–Crippen LogP) is 1.57. The molecule has 0 radical (unpaired) electrons. The molecule has 1 aromatic rings. The van der Waals surface area contributed by atoms with Crippen LogP contribution in [0.25, 0.3) is 0 Å². The van der Waals surface area contributed by atoms with Crippen LogP contribution in [0.4, 0.5) is 5.69 Å². The molecule has 2 aliphatic rings. The summed E-state index contributed by atoms with van der Waals surface area (Å²) >= 11 is 0. The molecule has 3 rings (SSSR count). The van der Waals surface area contributed by atoms with E-state index in [1.54, 1.807) is 0 Å². The van der Waals surface area contributed by atoms with Gasteiger partial charge in [0.1, 0.15) is 11.9 Å². The van der Waals surface area contributed by atoms with Gasteiger partial charge in [0, 0.05) is 32.7 Å². The summed E-state index contributed by atoms with van der Waals surface area (Å²) in [6, 6.07) is 8.40. The minimum absolute atomic E-state index is 0.282. The van der Waals surface area contributed by atoms with E-state index in [9.17, 15) is 0 Å². The first kappa shape index (κ1) is 13.7. The van der Waals surface area contributed by atoms with E-state index < -0.39 is 0 Å². The van der Waals surface area contributed by atoms with Crippen LogP contribution in [0.1, 0.15) is 13.3 Å². The molecule has 1 aromatic carbocycles. The summed E-state index contributed by atoms with van der Waals surface area (Å²) in [6.07, 6.45) is 1.50. The van der Waals surface area contributed by atoms with Crippen LogP contribution in [0.15, 0.2) is 24.3 Å². The first-order valence-electron chi connectivity index (χ1n) is 7.76. The topological polar surface area (TPSA) is 27.7 Å². The van der Waals surface area contributed by atoms with Gasteiger partial charge in [-0.05, 0) is 32.0 Å². The van der Waals surface area contributed by atoms with Crippen molar-refractivity contribution in [3.8, 4) is 5.75 Å². The molecule has 1 atom stereocenters. The van der Waals surface area contributed by atoms with Crippen LogP contribution in [0, 0.1) is 0 Å². The first-order valence-corrected chi connectivity index (χ1v) is 7.76. The maximum atomic E-state index is 5.90. The fourth-order valence-corrected chi connectivity index (χ4v) is 3.11. The molecule has 1 saturated heterocycles. The second kappa shape index (κ2) is 6.46. The van der Waals surface area contributed by atoms with Gasteiger partial charge in [-0.25, -0.2) is 0 Å². The van der Waals surface area contributed by atoms with Crippen LogP contribution < -0.4 is 15.0 Å². The van der Waals surface area contributed by atoms with E-state index in [-0.39, 0.29) is 6.10 Å². The van der Waals surface area contributed by atoms with Crippen LogP contribution >= 0.6 is 0 Å². The van der Waals surface area contributed by atoms with E-state index in [0.29, 0.717) is 0 Å². The fourth-order valence-electron chi connectivity index (χ4n) is 3.11. The normalized spacial score (nSPS) is 23.2. The van der Waals surface area contributed by atoms with Crippen molar-refractivity contribution in [3.63, 3.8) is 0 Å². The van der Waals surface area contributed by atoms with Gasteiger partial charge in [-0.3, -0.25) is 0 Å². The number of anilines is 1. The van der Waals surface area contributed by atoms with E-state index in [1.165, 1.54) is 31.7 Å². The molecule has 1 N–H and O–H groups in total. The summed E-state index contributed by atoms with van der Waals surface area (Å²) in [5.41, 5.74) is 1.26. The lowest BCUT2D eigenvalue weighted by atomic mass is 10.2. The van der Waals surface area contributed by atoms with Crippen molar-refractivity contribution in [3.05, 3.63) is 24.3 Å². The largest absolute Gasteiger partial charge is 0.487 e. The Morgan fingerprint density at radius 1 is 1.20 bits per heavy atom. The molecule has 2 aliphatic heterocycles. The molecule has 2 heterocycles. The Labute approximate surface area is 121 Å². The lowest BCUT2D eigenvalue weighted by Crippen LogP contribution is -2.45. The number of piperazine rings is 1. The number of ether oxygens (including phenoxy) is 1. The molecule has 1 unspecified atom stereocenters. The maximum Gasteiger partial charge on any atom is 0.143 e. The zero-order valence-electron chi connectivity index (χ0n) is 12.3. The monoisotopic (exact) mass is 275 g/mol. The zero-order chi connectivity index (χ0) is 13.8. The van der Waals surface area contributed by atoms with Crippen LogP contribution in [-0.4, -0.2) is 56.8 Å². The Hall–Kier alpha value is -1.26. The zero-order valence-corrected chi connectivity index (χ0v) is 12.3. The van der Waals surface area contributed by atoms with Gasteiger partial charge in [0.15, 0.2) is 0 Å². The van der Waals surface area contributed by atoms with E-state index in [2.05, 4.69) is 46.3 Å². The molecule has 20 heavy (non-hydrogen) atoms. The lowest BCUT2D eigenvalue weighted by molar-refractivity contribution is 0.208. The van der Waals surface area contributed by atoms with Gasteiger partial charge in [0.25, 0.3) is 0 Å². The molecule has 0 aromatic heterocycles. The standard InChI is InChI=1S/C16H25N3O/c1-14-13-19(15-5-2-3-6-16(15)20-14)10-4-9-18-11-7-17-8-12-18/h2-3,5-6,14,17H,4,7-13H2,1H3. The molecule has 4 nitrogen and oxygen atoms in total. The molecule has 0 saturated carbocycles. The summed E-state index contributed by atoms with van der Waals surface area (Å²) in [6.45, 7) is 10.1. The Bertz CT molecular complexity index is 431. The molecule has 4 heteroatoms. The van der Waals surface area contributed by atoms with Gasteiger partial charge in [-0.2, -0.15) is 0 Å². The minimum atomic E-state index is 0.282. The van der Waals surface area contributed by atoms with Crippen molar-refractivity contribution in [1.82, 2.24) is 10.2 Å². The van der Waals surface area contributed by atoms with Crippen LogP contribution in [0.5, 0.6) is 5.75 Å². The third-order valence-corrected chi connectivity index (χ3v) is 4.12. The number of nitrogens with one attached hydrogen (secondary N) is 1. The summed E-state index contributed by atoms with van der Waals surface area (Å²) < 4.78 is 5.90. The Morgan fingerprint density at radius 2 is 2.00 bits per heavy atom. The molecule has 0 spiro atoms. The summed E-state index contributed by atoms with van der Waals surface area (Å²) in [5, 5.41) is 3.40. The van der Waals surface area contributed by atoms with E-state index in [0.717, 1.165) is 31.9 Å². The first-order chi connectivity index (χ1) is 9.83. The van der Waals surface area contributed by atoms with E-state index in [4.69, 9.17) is 4.74 Å². The quantitative estimate of drug-likeness (QED) is 0.903. The van der Waals surface area contributed by atoms with E-state index >= 15 is 0 Å². The summed E-state index contributed by atoms with van der Waals surface area (Å²) in [4.78, 5) is 5.04. The smallest absolute Gasteiger partial charge is 0.143 e. The van der Waals surface area contributed by atoms with Crippen molar-refractivity contribution in [2.75, 3.05) is 50.7 Å². The molecule has 0 bridgehead atoms. The maximum absolute atomic E-state index is 5.90. The van der Waals surface area contributed by atoms with Crippen molar-refractivity contribution in [1.29, 1.82) is 0 Å². The molecule has 1 fully saturated rings. The van der Waals surface area contributed by atoms with Crippen molar-refractivity contribution in [2.24, 2.45) is 0 Å². The van der Waals surface area contributed by atoms with Crippen molar-refractivity contribution in [2.45, 2.75) is 19.4 Å². The molecule has 0 amide bonds. The number of nitrogens with zero attached hydrogens (tertiary/aromatic N) is 2. The van der Waals surface area contributed by atoms with Gasteiger partial charge in [0.05, 0.1) is 12.2 Å². The van der Waals surface area contributed by atoms with Gasteiger partial charge in [-0.15, -0.1) is 0 Å². The fraction of sp³-hybridized carbons (Fsp3) is 0.625. The lowest BCUT2D eigenvalue weighted by Gasteiger charge is -2.35. The number of hydrogen-bond donors (Lipinski definition) is 1. The highest BCUT2D eigenvalue weighted by molar-refractivity contribution is 5.59.